The van der Waals surface area contributed by atoms with Crippen LogP contribution in [0.3, 0.4) is 0 Å². The van der Waals surface area contributed by atoms with E-state index in [0.29, 0.717) is 6.61 Å². The molecule has 3 rings (SSSR count). The number of nitrogens with one attached hydrogen (secondary N) is 1. The molecule has 0 fully saturated rings. The van der Waals surface area contributed by atoms with Gasteiger partial charge >= 0.3 is 0 Å². The molecule has 3 aromatic rings. The van der Waals surface area contributed by atoms with Gasteiger partial charge in [0.1, 0.15) is 16.5 Å². The molecule has 1 atom stereocenters. The molecule has 130 valence electrons. The molecule has 0 saturated carbocycles. The molecule has 6 heteroatoms. The molecule has 0 saturated heterocycles. The lowest BCUT2D eigenvalue weighted by molar-refractivity contribution is -0.121. The van der Waals surface area contributed by atoms with Crippen molar-refractivity contribution in [2.75, 3.05) is 6.61 Å². The van der Waals surface area contributed by atoms with E-state index in [1.54, 1.807) is 12.3 Å². The van der Waals surface area contributed by atoms with Crippen LogP contribution in [0.15, 0.2) is 52.5 Å². The second kappa shape index (κ2) is 7.98. The lowest BCUT2D eigenvalue weighted by atomic mass is 10.2. The minimum absolute atomic E-state index is 0.0844. The molecule has 1 unspecified atom stereocenters. The standard InChI is InChI=1S/C19H20N2O3S/c1-3-23-17-8-5-4-7-15(17)19-21-14(12-25-19)11-18(22)20-13(2)16-9-6-10-24-16/h4-10,12-13H,3,11H2,1-2H3,(H,20,22). The molecule has 0 aliphatic carbocycles. The fraction of sp³-hybridized carbons (Fsp3) is 0.263. The Kier molecular flexibility index (Phi) is 5.50. The van der Waals surface area contributed by atoms with Crippen molar-refractivity contribution in [3.8, 4) is 16.3 Å². The smallest absolute Gasteiger partial charge is 0.226 e. The molecule has 25 heavy (non-hydrogen) atoms. The number of rotatable bonds is 7. The Bertz CT molecular complexity index is 827. The molecule has 0 bridgehead atoms. The number of amides is 1. The molecule has 1 amide bonds. The zero-order chi connectivity index (χ0) is 17.6. The maximum absolute atomic E-state index is 12.2. The van der Waals surface area contributed by atoms with Crippen molar-refractivity contribution in [1.82, 2.24) is 10.3 Å². The first kappa shape index (κ1) is 17.2. The lowest BCUT2D eigenvalue weighted by Crippen LogP contribution is -2.27. The van der Waals surface area contributed by atoms with E-state index in [9.17, 15) is 4.79 Å². The number of benzene rings is 1. The minimum atomic E-state index is -0.167. The number of carbonyl (C=O) groups excluding carboxylic acids is 1. The highest BCUT2D eigenvalue weighted by Crippen LogP contribution is 2.32. The summed E-state index contributed by atoms with van der Waals surface area (Å²) in [6, 6.07) is 11.3. The van der Waals surface area contributed by atoms with Crippen molar-refractivity contribution in [2.24, 2.45) is 0 Å². The molecule has 0 spiro atoms. The van der Waals surface area contributed by atoms with Crippen molar-refractivity contribution in [2.45, 2.75) is 26.3 Å². The summed E-state index contributed by atoms with van der Waals surface area (Å²) in [6.45, 7) is 4.44. The van der Waals surface area contributed by atoms with E-state index in [-0.39, 0.29) is 18.4 Å². The number of nitrogens with zero attached hydrogens (tertiary/aromatic N) is 1. The number of hydrogen-bond acceptors (Lipinski definition) is 5. The number of hydrogen-bond donors (Lipinski definition) is 1. The average Bonchev–Trinajstić information content (AvgIpc) is 3.27. The van der Waals surface area contributed by atoms with Gasteiger partial charge in [0, 0.05) is 5.38 Å². The number of ether oxygens (including phenoxy) is 1. The van der Waals surface area contributed by atoms with Gasteiger partial charge in [0.05, 0.1) is 36.6 Å². The van der Waals surface area contributed by atoms with E-state index in [0.717, 1.165) is 27.8 Å². The number of furan rings is 1. The number of thiazole rings is 1. The first-order valence-corrected chi connectivity index (χ1v) is 9.04. The van der Waals surface area contributed by atoms with Crippen molar-refractivity contribution >= 4 is 17.2 Å². The van der Waals surface area contributed by atoms with E-state index < -0.39 is 0 Å². The van der Waals surface area contributed by atoms with Gasteiger partial charge in [0.25, 0.3) is 0 Å². The Labute approximate surface area is 150 Å². The summed E-state index contributed by atoms with van der Waals surface area (Å²) < 4.78 is 11.0. The van der Waals surface area contributed by atoms with Crippen LogP contribution in [0, 0.1) is 0 Å². The van der Waals surface area contributed by atoms with Gasteiger partial charge < -0.3 is 14.5 Å². The zero-order valence-corrected chi connectivity index (χ0v) is 15.0. The van der Waals surface area contributed by atoms with Crippen LogP contribution < -0.4 is 10.1 Å². The predicted octanol–water partition coefficient (Wildman–Crippen LogP) is 4.22. The molecule has 1 N–H and O–H groups in total. The second-order valence-electron chi connectivity index (χ2n) is 5.55. The summed E-state index contributed by atoms with van der Waals surface area (Å²) in [6.07, 6.45) is 1.83. The SMILES string of the molecule is CCOc1ccccc1-c1nc(CC(=O)NC(C)c2ccco2)cs1. The minimum Gasteiger partial charge on any atom is -0.493 e. The fourth-order valence-corrected chi connectivity index (χ4v) is 3.35. The highest BCUT2D eigenvalue weighted by atomic mass is 32.1. The van der Waals surface area contributed by atoms with E-state index in [1.165, 1.54) is 11.3 Å². The summed E-state index contributed by atoms with van der Waals surface area (Å²) in [4.78, 5) is 16.8. The average molecular weight is 356 g/mol. The van der Waals surface area contributed by atoms with Gasteiger partial charge in [-0.15, -0.1) is 11.3 Å². The first-order chi connectivity index (χ1) is 12.2. The van der Waals surface area contributed by atoms with Crippen molar-refractivity contribution in [3.05, 3.63) is 59.5 Å². The zero-order valence-electron chi connectivity index (χ0n) is 14.2. The summed E-state index contributed by atoms with van der Waals surface area (Å²) >= 11 is 1.51. The number of para-hydroxylation sites is 1. The van der Waals surface area contributed by atoms with Crippen LogP contribution in [0.2, 0.25) is 0 Å². The summed E-state index contributed by atoms with van der Waals surface area (Å²) in [5.74, 6) is 1.46. The van der Waals surface area contributed by atoms with Crippen LogP contribution in [0.25, 0.3) is 10.6 Å². The van der Waals surface area contributed by atoms with Crippen LogP contribution >= 0.6 is 11.3 Å². The normalized spacial score (nSPS) is 11.9. The Morgan fingerprint density at radius 2 is 2.16 bits per heavy atom. The lowest BCUT2D eigenvalue weighted by Gasteiger charge is -2.10. The molecule has 0 radical (unpaired) electrons. The van der Waals surface area contributed by atoms with Crippen LogP contribution in [-0.2, 0) is 11.2 Å². The third-order valence-electron chi connectivity index (χ3n) is 3.66. The Morgan fingerprint density at radius 1 is 1.32 bits per heavy atom. The third-order valence-corrected chi connectivity index (χ3v) is 4.58. The molecule has 2 heterocycles. The molecule has 5 nitrogen and oxygen atoms in total. The summed E-state index contributed by atoms with van der Waals surface area (Å²) in [7, 11) is 0. The van der Waals surface area contributed by atoms with Crippen LogP contribution in [-0.4, -0.2) is 17.5 Å². The highest BCUT2D eigenvalue weighted by molar-refractivity contribution is 7.13. The van der Waals surface area contributed by atoms with Gasteiger partial charge in [0.2, 0.25) is 5.91 Å². The van der Waals surface area contributed by atoms with E-state index in [4.69, 9.17) is 9.15 Å². The Morgan fingerprint density at radius 3 is 2.92 bits per heavy atom. The van der Waals surface area contributed by atoms with Gasteiger partial charge in [0.15, 0.2) is 0 Å². The van der Waals surface area contributed by atoms with Crippen LogP contribution in [0.5, 0.6) is 5.75 Å². The van der Waals surface area contributed by atoms with E-state index in [2.05, 4.69) is 10.3 Å². The van der Waals surface area contributed by atoms with Gasteiger partial charge in [-0.2, -0.15) is 0 Å². The van der Waals surface area contributed by atoms with Gasteiger partial charge in [-0.3, -0.25) is 4.79 Å². The summed E-state index contributed by atoms with van der Waals surface area (Å²) in [5.41, 5.74) is 1.69. The number of carbonyl (C=O) groups is 1. The van der Waals surface area contributed by atoms with Crippen molar-refractivity contribution in [1.29, 1.82) is 0 Å². The molecule has 0 aliphatic heterocycles. The molecule has 0 aliphatic rings. The highest BCUT2D eigenvalue weighted by Gasteiger charge is 2.15. The van der Waals surface area contributed by atoms with Gasteiger partial charge in [-0.1, -0.05) is 12.1 Å². The van der Waals surface area contributed by atoms with Crippen LogP contribution in [0.4, 0.5) is 0 Å². The quantitative estimate of drug-likeness (QED) is 0.688. The summed E-state index contributed by atoms with van der Waals surface area (Å²) in [5, 5.41) is 5.68. The predicted molar refractivity (Wildman–Crippen MR) is 97.7 cm³/mol. The molecule has 1 aromatic carbocycles. The van der Waals surface area contributed by atoms with Gasteiger partial charge in [-0.25, -0.2) is 4.98 Å². The van der Waals surface area contributed by atoms with Crippen LogP contribution in [0.1, 0.15) is 31.3 Å². The number of aromatic nitrogens is 1. The monoisotopic (exact) mass is 356 g/mol. The maximum Gasteiger partial charge on any atom is 0.226 e. The second-order valence-corrected chi connectivity index (χ2v) is 6.41. The fourth-order valence-electron chi connectivity index (χ4n) is 2.50. The van der Waals surface area contributed by atoms with E-state index >= 15 is 0 Å². The van der Waals surface area contributed by atoms with Gasteiger partial charge in [-0.05, 0) is 38.1 Å². The van der Waals surface area contributed by atoms with Crippen molar-refractivity contribution < 1.29 is 13.9 Å². The van der Waals surface area contributed by atoms with E-state index in [1.807, 2.05) is 49.6 Å². The maximum atomic E-state index is 12.2. The molecule has 2 aromatic heterocycles. The molecular formula is C19H20N2O3S. The largest absolute Gasteiger partial charge is 0.493 e. The topological polar surface area (TPSA) is 64.4 Å². The third kappa shape index (κ3) is 4.28. The Hall–Kier alpha value is -2.60. The Balaban J connectivity index is 1.67. The van der Waals surface area contributed by atoms with Crippen molar-refractivity contribution in [3.63, 3.8) is 0 Å². The molecular weight excluding hydrogens is 336 g/mol. The first-order valence-electron chi connectivity index (χ1n) is 8.16.